The van der Waals surface area contributed by atoms with Crippen molar-refractivity contribution in [3.8, 4) is 23.0 Å². The fourth-order valence-electron chi connectivity index (χ4n) is 3.65. The van der Waals surface area contributed by atoms with Crippen LogP contribution in [0.5, 0.6) is 23.0 Å². The van der Waals surface area contributed by atoms with Crippen molar-refractivity contribution in [1.82, 2.24) is 0 Å². The monoisotopic (exact) mass is 528 g/mol. The zero-order chi connectivity index (χ0) is 23.1. The third kappa shape index (κ3) is 3.92. The van der Waals surface area contributed by atoms with Gasteiger partial charge in [-0.05, 0) is 34.1 Å². The lowest BCUT2D eigenvalue weighted by atomic mass is 10.3. The van der Waals surface area contributed by atoms with Gasteiger partial charge in [0.1, 0.15) is 5.75 Å². The molecule has 0 unspecified atom stereocenters. The number of benzene rings is 4. The summed E-state index contributed by atoms with van der Waals surface area (Å²) in [6.07, 6.45) is -3.89. The lowest BCUT2D eigenvalue weighted by Crippen LogP contribution is -2.27. The van der Waals surface area contributed by atoms with Gasteiger partial charge in [0.15, 0.2) is 18.6 Å². The van der Waals surface area contributed by atoms with E-state index in [9.17, 15) is 13.3 Å². The molecule has 0 aromatic heterocycles. The van der Waals surface area contributed by atoms with Gasteiger partial charge in [-0.3, -0.25) is 0 Å². The Balaban J connectivity index is 1.78. The molecule has 5 rings (SSSR count). The summed E-state index contributed by atoms with van der Waals surface area (Å²) in [7, 11) is -3.53. The minimum Gasteiger partial charge on any atom is -0.453 e. The van der Waals surface area contributed by atoms with E-state index in [0.717, 1.165) is 0 Å². The number of ether oxygens (including phenoxy) is 3. The summed E-state index contributed by atoms with van der Waals surface area (Å²) >= 11 is 3.37. The Morgan fingerprint density at radius 3 is 1.79 bits per heavy atom. The first-order valence-electron chi connectivity index (χ1n) is 9.95. The molecule has 1 aliphatic rings. The molecule has 4 aromatic rings. The predicted octanol–water partition coefficient (Wildman–Crippen LogP) is 6.20. The number of hydrogen-bond donors (Lipinski definition) is 0. The molecule has 8 heteroatoms. The molecule has 0 radical (unpaired) electrons. The van der Waals surface area contributed by atoms with E-state index in [-0.39, 0.29) is 27.0 Å². The second kappa shape index (κ2) is 8.32. The van der Waals surface area contributed by atoms with Gasteiger partial charge in [-0.15, -0.1) is 8.78 Å². The van der Waals surface area contributed by atoms with Gasteiger partial charge in [0.05, 0.1) is 4.47 Å². The molecule has 0 saturated carbocycles. The normalized spacial score (nSPS) is 14.2. The SMILES string of the molecule is O=P(c1ccccc1)(c1ccccc1)c1cc(Oc2ccccc2)c2c(c1Br)OC(F)(F)O2. The highest BCUT2D eigenvalue weighted by atomic mass is 79.9. The van der Waals surface area contributed by atoms with Gasteiger partial charge in [-0.2, -0.15) is 0 Å². The minimum atomic E-state index is -3.89. The number of alkyl halides is 2. The Hall–Kier alpha value is -3.15. The average molecular weight is 529 g/mol. The van der Waals surface area contributed by atoms with E-state index in [1.54, 1.807) is 78.9 Å². The van der Waals surface area contributed by atoms with E-state index in [4.69, 9.17) is 14.2 Å². The molecule has 4 aromatic carbocycles. The molecule has 1 aliphatic heterocycles. The Kier molecular flexibility index (Phi) is 5.47. The van der Waals surface area contributed by atoms with Crippen molar-refractivity contribution in [3.63, 3.8) is 0 Å². The second-order valence-electron chi connectivity index (χ2n) is 7.23. The van der Waals surface area contributed by atoms with Crippen molar-refractivity contribution in [3.05, 3.63) is 102 Å². The Morgan fingerprint density at radius 1 is 0.758 bits per heavy atom. The molecule has 0 saturated heterocycles. The van der Waals surface area contributed by atoms with Crippen LogP contribution in [0, 0.1) is 0 Å². The van der Waals surface area contributed by atoms with E-state index >= 15 is 0 Å². The molecule has 33 heavy (non-hydrogen) atoms. The van der Waals surface area contributed by atoms with Gasteiger partial charge < -0.3 is 18.8 Å². The van der Waals surface area contributed by atoms with Crippen LogP contribution in [0.15, 0.2) is 102 Å². The van der Waals surface area contributed by atoms with Crippen LogP contribution >= 0.6 is 23.1 Å². The van der Waals surface area contributed by atoms with Gasteiger partial charge in [-0.1, -0.05) is 78.9 Å². The summed E-state index contributed by atoms with van der Waals surface area (Å²) in [5.41, 5.74) is 0. The van der Waals surface area contributed by atoms with Crippen molar-refractivity contribution >= 4 is 39.0 Å². The smallest absolute Gasteiger partial charge is 0.453 e. The standard InChI is InChI=1S/C25H16BrF2O4P/c26-22-21(33(29,18-12-6-2-7-13-18)19-14-8-3-9-15-19)16-20(30-17-10-4-1-5-11-17)23-24(22)32-25(27,28)31-23/h1-16H. The highest BCUT2D eigenvalue weighted by molar-refractivity contribution is 9.10. The lowest BCUT2D eigenvalue weighted by molar-refractivity contribution is -0.287. The fourth-order valence-corrected chi connectivity index (χ4v) is 7.49. The van der Waals surface area contributed by atoms with Crippen LogP contribution in [0.25, 0.3) is 0 Å². The summed E-state index contributed by atoms with van der Waals surface area (Å²) in [5, 5.41) is 1.33. The first-order valence-corrected chi connectivity index (χ1v) is 12.5. The Labute approximate surface area is 197 Å². The number of para-hydroxylation sites is 1. The van der Waals surface area contributed by atoms with E-state index in [2.05, 4.69) is 15.9 Å². The van der Waals surface area contributed by atoms with Gasteiger partial charge in [-0.25, -0.2) is 0 Å². The Morgan fingerprint density at radius 2 is 1.24 bits per heavy atom. The number of halogens is 3. The van der Waals surface area contributed by atoms with Crippen LogP contribution in [0.1, 0.15) is 0 Å². The van der Waals surface area contributed by atoms with Crippen LogP contribution in [0.3, 0.4) is 0 Å². The second-order valence-corrected chi connectivity index (χ2v) is 10.8. The molecule has 1 heterocycles. The van der Waals surface area contributed by atoms with Crippen molar-refractivity contribution in [2.24, 2.45) is 0 Å². The van der Waals surface area contributed by atoms with Crippen LogP contribution in [-0.2, 0) is 4.57 Å². The van der Waals surface area contributed by atoms with Gasteiger partial charge in [0, 0.05) is 15.9 Å². The number of rotatable bonds is 5. The van der Waals surface area contributed by atoms with Crippen LogP contribution in [0.2, 0.25) is 0 Å². The number of hydrogen-bond acceptors (Lipinski definition) is 4. The maximum absolute atomic E-state index is 14.8. The van der Waals surface area contributed by atoms with Gasteiger partial charge in [0.25, 0.3) is 0 Å². The van der Waals surface area contributed by atoms with Gasteiger partial charge in [0.2, 0.25) is 5.75 Å². The molecule has 0 fully saturated rings. The zero-order valence-corrected chi connectivity index (χ0v) is 19.4. The third-order valence-corrected chi connectivity index (χ3v) is 9.29. The average Bonchev–Trinajstić information content (AvgIpc) is 3.18. The zero-order valence-electron chi connectivity index (χ0n) is 17.0. The summed E-state index contributed by atoms with van der Waals surface area (Å²) in [6, 6.07) is 27.9. The molecule has 4 nitrogen and oxygen atoms in total. The van der Waals surface area contributed by atoms with Crippen molar-refractivity contribution in [2.45, 2.75) is 6.29 Å². The van der Waals surface area contributed by atoms with E-state index in [1.807, 2.05) is 12.1 Å². The molecular formula is C25H16BrF2O4P. The molecule has 166 valence electrons. The van der Waals surface area contributed by atoms with Crippen LogP contribution in [0.4, 0.5) is 8.78 Å². The quantitative estimate of drug-likeness (QED) is 0.289. The molecule has 0 bridgehead atoms. The van der Waals surface area contributed by atoms with E-state index in [1.165, 1.54) is 6.07 Å². The van der Waals surface area contributed by atoms with Crippen molar-refractivity contribution in [2.75, 3.05) is 0 Å². The predicted molar refractivity (Wildman–Crippen MR) is 126 cm³/mol. The van der Waals surface area contributed by atoms with Crippen molar-refractivity contribution < 1.29 is 27.6 Å². The maximum atomic E-state index is 14.8. The first kappa shape index (κ1) is 21.7. The molecular weight excluding hydrogens is 513 g/mol. The summed E-state index contributed by atoms with van der Waals surface area (Å²) in [5.74, 6) is -0.164. The highest BCUT2D eigenvalue weighted by Gasteiger charge is 2.48. The molecule has 0 spiro atoms. The first-order chi connectivity index (χ1) is 15.9. The summed E-state index contributed by atoms with van der Waals surface area (Å²) in [6.45, 7) is 0. The third-order valence-electron chi connectivity index (χ3n) is 5.11. The molecule has 0 amide bonds. The Bertz CT molecular complexity index is 1310. The fraction of sp³-hybridized carbons (Fsp3) is 0.0400. The maximum Gasteiger partial charge on any atom is 0.586 e. The molecule has 0 atom stereocenters. The van der Waals surface area contributed by atoms with Crippen molar-refractivity contribution in [1.29, 1.82) is 0 Å². The lowest BCUT2D eigenvalue weighted by Gasteiger charge is -2.22. The topological polar surface area (TPSA) is 44.8 Å². The summed E-state index contributed by atoms with van der Waals surface area (Å²) in [4.78, 5) is 0. The van der Waals surface area contributed by atoms with E-state index < -0.39 is 13.4 Å². The number of fused-ring (bicyclic) bond motifs is 1. The van der Waals surface area contributed by atoms with E-state index in [0.29, 0.717) is 16.4 Å². The molecule has 0 N–H and O–H groups in total. The van der Waals surface area contributed by atoms with Crippen LogP contribution < -0.4 is 30.1 Å². The molecule has 0 aliphatic carbocycles. The van der Waals surface area contributed by atoms with Crippen LogP contribution in [-0.4, -0.2) is 6.29 Å². The van der Waals surface area contributed by atoms with Gasteiger partial charge >= 0.3 is 6.29 Å². The minimum absolute atomic E-state index is 0.0290. The largest absolute Gasteiger partial charge is 0.586 e. The highest BCUT2D eigenvalue weighted by Crippen LogP contribution is 2.56. The summed E-state index contributed by atoms with van der Waals surface area (Å²) < 4.78 is 58.7.